The van der Waals surface area contributed by atoms with Crippen LogP contribution in [0, 0.1) is 10.1 Å². The number of fused-ring (bicyclic) bond motifs is 1. The summed E-state index contributed by atoms with van der Waals surface area (Å²) in [5.41, 5.74) is 1.13. The smallest absolute Gasteiger partial charge is 0.269 e. The minimum absolute atomic E-state index is 0.0227. The molecule has 0 aliphatic carbocycles. The third-order valence-electron chi connectivity index (χ3n) is 4.41. The van der Waals surface area contributed by atoms with Gasteiger partial charge >= 0.3 is 0 Å². The summed E-state index contributed by atoms with van der Waals surface area (Å²) in [6, 6.07) is 25.7. The molecule has 0 saturated heterocycles. The van der Waals surface area contributed by atoms with Crippen LogP contribution in [0.2, 0.25) is 0 Å². The molecule has 5 nitrogen and oxygen atoms in total. The third-order valence-corrected chi connectivity index (χ3v) is 5.03. The number of nitrogens with zero attached hydrogens (tertiary/aromatic N) is 1. The molecule has 0 aromatic heterocycles. The zero-order valence-corrected chi connectivity index (χ0v) is 16.8. The van der Waals surface area contributed by atoms with E-state index in [9.17, 15) is 10.1 Å². The maximum Gasteiger partial charge on any atom is 0.269 e. The van der Waals surface area contributed by atoms with E-state index in [0.29, 0.717) is 18.1 Å². The predicted octanol–water partition coefficient (Wildman–Crippen LogP) is 6.88. The second-order valence-electron chi connectivity index (χ2n) is 6.39. The number of nitro groups is 1. The lowest BCUT2D eigenvalue weighted by atomic mass is 10.1. The molecule has 0 bridgehead atoms. The quantitative estimate of drug-likeness (QED) is 0.237. The summed E-state index contributed by atoms with van der Waals surface area (Å²) in [4.78, 5) is 10.4. The van der Waals surface area contributed by atoms with Crippen LogP contribution in [0.4, 0.5) is 5.69 Å². The van der Waals surface area contributed by atoms with Gasteiger partial charge in [-0.25, -0.2) is 0 Å². The monoisotopic (exact) mass is 449 g/mol. The summed E-state index contributed by atoms with van der Waals surface area (Å²) in [5, 5.41) is 12.7. The Hall–Kier alpha value is -3.38. The van der Waals surface area contributed by atoms with Crippen LogP contribution in [0.15, 0.2) is 89.4 Å². The molecule has 0 atom stereocenters. The number of benzene rings is 4. The highest BCUT2D eigenvalue weighted by atomic mass is 79.9. The molecule has 29 heavy (non-hydrogen) atoms. The van der Waals surface area contributed by atoms with Crippen LogP contribution in [0.1, 0.15) is 5.56 Å². The van der Waals surface area contributed by atoms with Crippen molar-refractivity contribution in [2.75, 3.05) is 0 Å². The van der Waals surface area contributed by atoms with Crippen LogP contribution in [0.3, 0.4) is 0 Å². The van der Waals surface area contributed by atoms with Gasteiger partial charge in [0.2, 0.25) is 0 Å². The highest BCUT2D eigenvalue weighted by Gasteiger charge is 2.11. The van der Waals surface area contributed by atoms with Crippen molar-refractivity contribution >= 4 is 32.4 Å². The molecule has 0 amide bonds. The van der Waals surface area contributed by atoms with E-state index in [1.54, 1.807) is 12.1 Å². The van der Waals surface area contributed by atoms with Gasteiger partial charge in [-0.05, 0) is 63.3 Å². The fourth-order valence-corrected chi connectivity index (χ4v) is 3.37. The second kappa shape index (κ2) is 8.32. The number of halogens is 1. The Bertz CT molecular complexity index is 1160. The lowest BCUT2D eigenvalue weighted by Crippen LogP contribution is -1.95. The Kier molecular flexibility index (Phi) is 5.44. The molecule has 0 spiro atoms. The van der Waals surface area contributed by atoms with Gasteiger partial charge in [0, 0.05) is 17.5 Å². The minimum Gasteiger partial charge on any atom is -0.489 e. The second-order valence-corrected chi connectivity index (χ2v) is 7.24. The number of ether oxygens (including phenoxy) is 2. The number of non-ortho nitro benzene ring substituents is 1. The van der Waals surface area contributed by atoms with E-state index >= 15 is 0 Å². The summed E-state index contributed by atoms with van der Waals surface area (Å²) in [6.45, 7) is 0.495. The van der Waals surface area contributed by atoms with Crippen molar-refractivity contribution in [2.24, 2.45) is 0 Å². The summed E-state index contributed by atoms with van der Waals surface area (Å²) in [7, 11) is 0. The van der Waals surface area contributed by atoms with Gasteiger partial charge in [0.25, 0.3) is 5.69 Å². The van der Waals surface area contributed by atoms with Gasteiger partial charge in [0.15, 0.2) is 0 Å². The Labute approximate surface area is 175 Å². The molecular formula is C23H16BrNO4. The van der Waals surface area contributed by atoms with Gasteiger partial charge < -0.3 is 9.47 Å². The van der Waals surface area contributed by atoms with Crippen molar-refractivity contribution in [1.29, 1.82) is 0 Å². The van der Waals surface area contributed by atoms with Crippen LogP contribution in [-0.4, -0.2) is 4.92 Å². The summed E-state index contributed by atoms with van der Waals surface area (Å²) in [6.07, 6.45) is 0. The van der Waals surface area contributed by atoms with E-state index < -0.39 is 4.92 Å². The molecule has 0 aliphatic rings. The van der Waals surface area contributed by atoms with Crippen molar-refractivity contribution < 1.29 is 14.4 Å². The molecule has 0 unspecified atom stereocenters. The molecule has 0 saturated carbocycles. The van der Waals surface area contributed by atoms with Gasteiger partial charge in [-0.15, -0.1) is 0 Å². The van der Waals surface area contributed by atoms with E-state index in [4.69, 9.17) is 9.47 Å². The van der Waals surface area contributed by atoms with Gasteiger partial charge in [0.05, 0.1) is 9.40 Å². The van der Waals surface area contributed by atoms with E-state index in [0.717, 1.165) is 26.6 Å². The lowest BCUT2D eigenvalue weighted by Gasteiger charge is -2.13. The molecule has 0 heterocycles. The Morgan fingerprint density at radius 2 is 1.59 bits per heavy atom. The first kappa shape index (κ1) is 19.0. The molecular weight excluding hydrogens is 434 g/mol. The third kappa shape index (κ3) is 4.38. The zero-order chi connectivity index (χ0) is 20.2. The Morgan fingerprint density at radius 1 is 0.862 bits per heavy atom. The first-order valence-electron chi connectivity index (χ1n) is 8.91. The molecule has 0 fully saturated rings. The molecule has 0 aliphatic heterocycles. The fourth-order valence-electron chi connectivity index (χ4n) is 2.94. The lowest BCUT2D eigenvalue weighted by molar-refractivity contribution is -0.384. The van der Waals surface area contributed by atoms with Crippen LogP contribution in [0.25, 0.3) is 10.8 Å². The molecule has 4 aromatic carbocycles. The molecule has 4 rings (SSSR count). The van der Waals surface area contributed by atoms with E-state index in [2.05, 4.69) is 15.9 Å². The Balaban J connectivity index is 1.59. The Morgan fingerprint density at radius 3 is 2.31 bits per heavy atom. The largest absolute Gasteiger partial charge is 0.489 e. The maximum atomic E-state index is 10.8. The maximum absolute atomic E-state index is 10.8. The first-order valence-corrected chi connectivity index (χ1v) is 9.71. The van der Waals surface area contributed by atoms with Crippen molar-refractivity contribution in [1.82, 2.24) is 0 Å². The van der Waals surface area contributed by atoms with Crippen LogP contribution in [-0.2, 0) is 6.61 Å². The van der Waals surface area contributed by atoms with Gasteiger partial charge in [-0.3, -0.25) is 10.1 Å². The summed E-state index contributed by atoms with van der Waals surface area (Å²) < 4.78 is 12.7. The average molecular weight is 450 g/mol. The summed E-state index contributed by atoms with van der Waals surface area (Å²) >= 11 is 3.53. The first-order chi connectivity index (χ1) is 14.1. The molecule has 0 radical (unpaired) electrons. The highest BCUT2D eigenvalue weighted by molar-refractivity contribution is 9.10. The fraction of sp³-hybridized carbons (Fsp3) is 0.0435. The van der Waals surface area contributed by atoms with Crippen molar-refractivity contribution in [3.63, 3.8) is 0 Å². The summed E-state index contributed by atoms with van der Waals surface area (Å²) in [5.74, 6) is 1.93. The number of hydrogen-bond acceptors (Lipinski definition) is 4. The van der Waals surface area contributed by atoms with Crippen molar-refractivity contribution in [3.05, 3.63) is 105 Å². The number of hydrogen-bond donors (Lipinski definition) is 0. The van der Waals surface area contributed by atoms with Crippen LogP contribution in [0.5, 0.6) is 17.2 Å². The molecule has 144 valence electrons. The molecule has 0 N–H and O–H groups in total. The predicted molar refractivity (Wildman–Crippen MR) is 116 cm³/mol. The van der Waals surface area contributed by atoms with Crippen LogP contribution < -0.4 is 9.47 Å². The van der Waals surface area contributed by atoms with Gasteiger partial charge in [-0.1, -0.05) is 36.4 Å². The van der Waals surface area contributed by atoms with Gasteiger partial charge in [-0.2, -0.15) is 0 Å². The minimum atomic E-state index is -0.436. The highest BCUT2D eigenvalue weighted by Crippen LogP contribution is 2.38. The molecule has 4 aromatic rings. The van der Waals surface area contributed by atoms with Gasteiger partial charge in [0.1, 0.15) is 23.9 Å². The topological polar surface area (TPSA) is 61.6 Å². The van der Waals surface area contributed by atoms with Crippen molar-refractivity contribution in [2.45, 2.75) is 6.61 Å². The zero-order valence-electron chi connectivity index (χ0n) is 15.2. The number of rotatable bonds is 6. The average Bonchev–Trinajstić information content (AvgIpc) is 2.75. The number of nitro benzene ring substituents is 1. The SMILES string of the molecule is O=[N+]([O-])c1ccc(Oc2c(Br)ccc3cc(OCc4ccccc4)ccc23)cc1. The molecule has 6 heteroatoms. The normalized spacial score (nSPS) is 10.7. The standard InChI is InChI=1S/C23H16BrNO4/c24-22-13-6-17-14-20(28-15-16-4-2-1-3-5-16)11-12-21(17)23(22)29-19-9-7-18(8-10-19)25(26)27/h1-14H,15H2. The van der Waals surface area contributed by atoms with E-state index in [-0.39, 0.29) is 5.69 Å². The van der Waals surface area contributed by atoms with Crippen LogP contribution >= 0.6 is 15.9 Å². The van der Waals surface area contributed by atoms with E-state index in [1.165, 1.54) is 12.1 Å². The van der Waals surface area contributed by atoms with E-state index in [1.807, 2.05) is 60.7 Å². The van der Waals surface area contributed by atoms with Crippen molar-refractivity contribution in [3.8, 4) is 17.2 Å².